The summed E-state index contributed by atoms with van der Waals surface area (Å²) in [6.07, 6.45) is 2.67. The molecule has 1 N–H and O–H groups in total. The second-order valence-corrected chi connectivity index (χ2v) is 4.65. The van der Waals surface area contributed by atoms with Crippen LogP contribution in [0.15, 0.2) is 12.7 Å². The highest BCUT2D eigenvalue weighted by Crippen LogP contribution is 2.29. The van der Waals surface area contributed by atoms with Crippen molar-refractivity contribution < 1.29 is 14.6 Å². The largest absolute Gasteiger partial charge is 0.465 e. The summed E-state index contributed by atoms with van der Waals surface area (Å²) in [5.74, 6) is -0.274. The first kappa shape index (κ1) is 14.2. The zero-order chi connectivity index (χ0) is 12.1. The van der Waals surface area contributed by atoms with Gasteiger partial charge in [-0.15, -0.1) is 6.58 Å². The number of carbonyl (C=O) groups is 1. The molecule has 3 nitrogen and oxygen atoms in total. The number of rotatable bonds is 6. The van der Waals surface area contributed by atoms with Crippen LogP contribution in [-0.2, 0) is 9.53 Å². The molecule has 0 aliphatic rings. The lowest BCUT2D eigenvalue weighted by Crippen LogP contribution is -2.31. The molecule has 0 amide bonds. The van der Waals surface area contributed by atoms with E-state index in [9.17, 15) is 9.90 Å². The minimum absolute atomic E-state index is 0.274. The average molecular weight is 214 g/mol. The van der Waals surface area contributed by atoms with E-state index in [-0.39, 0.29) is 5.97 Å². The maximum Gasteiger partial charge on any atom is 0.315 e. The predicted molar refractivity (Wildman–Crippen MR) is 60.5 cm³/mol. The van der Waals surface area contributed by atoms with Gasteiger partial charge in [-0.2, -0.15) is 0 Å². The lowest BCUT2D eigenvalue weighted by atomic mass is 9.82. The Balaban J connectivity index is 4.44. The summed E-state index contributed by atoms with van der Waals surface area (Å²) < 4.78 is 4.97. The molecule has 0 aliphatic heterocycles. The van der Waals surface area contributed by atoms with Crippen molar-refractivity contribution in [1.29, 1.82) is 0 Å². The van der Waals surface area contributed by atoms with Crippen LogP contribution in [0.4, 0.5) is 0 Å². The highest BCUT2D eigenvalue weighted by molar-refractivity contribution is 5.78. The molecule has 0 aromatic carbocycles. The van der Waals surface area contributed by atoms with Crippen LogP contribution >= 0.6 is 0 Å². The van der Waals surface area contributed by atoms with Crippen LogP contribution in [0.2, 0.25) is 0 Å². The Kier molecular flexibility index (Phi) is 5.01. The summed E-state index contributed by atoms with van der Waals surface area (Å²) in [7, 11) is 0. The molecule has 3 heteroatoms. The molecular formula is C12H22O3. The van der Waals surface area contributed by atoms with Gasteiger partial charge in [0, 0.05) is 0 Å². The summed E-state index contributed by atoms with van der Waals surface area (Å²) in [6, 6.07) is 0. The normalized spacial score (nSPS) is 15.5. The van der Waals surface area contributed by atoms with Crippen LogP contribution in [0.1, 0.15) is 40.5 Å². The van der Waals surface area contributed by atoms with Gasteiger partial charge >= 0.3 is 5.97 Å². The molecule has 1 unspecified atom stereocenters. The zero-order valence-electron chi connectivity index (χ0n) is 10.2. The number of ether oxygens (including phenoxy) is 1. The molecule has 0 heterocycles. The Morgan fingerprint density at radius 1 is 1.40 bits per heavy atom. The maximum atomic E-state index is 11.6. The molecule has 0 aromatic heterocycles. The topological polar surface area (TPSA) is 46.5 Å². The molecule has 0 saturated heterocycles. The highest BCUT2D eigenvalue weighted by Gasteiger charge is 2.32. The molecule has 0 radical (unpaired) electrons. The van der Waals surface area contributed by atoms with Crippen molar-refractivity contribution in [2.75, 3.05) is 6.61 Å². The van der Waals surface area contributed by atoms with E-state index in [0.29, 0.717) is 19.4 Å². The van der Waals surface area contributed by atoms with Crippen molar-refractivity contribution in [3.8, 4) is 0 Å². The maximum absolute atomic E-state index is 11.6. The van der Waals surface area contributed by atoms with E-state index in [1.54, 1.807) is 33.8 Å². The number of hydrogen-bond acceptors (Lipinski definition) is 3. The molecule has 0 saturated carbocycles. The molecule has 15 heavy (non-hydrogen) atoms. The van der Waals surface area contributed by atoms with E-state index in [1.807, 2.05) is 0 Å². The summed E-state index contributed by atoms with van der Waals surface area (Å²) in [5, 5.41) is 9.60. The molecule has 0 aliphatic carbocycles. The number of aliphatic hydroxyl groups is 1. The Hall–Kier alpha value is -0.830. The van der Waals surface area contributed by atoms with Gasteiger partial charge < -0.3 is 9.84 Å². The lowest BCUT2D eigenvalue weighted by Gasteiger charge is -2.26. The summed E-state index contributed by atoms with van der Waals surface area (Å²) in [6.45, 7) is 11.0. The van der Waals surface area contributed by atoms with E-state index >= 15 is 0 Å². The fourth-order valence-corrected chi connectivity index (χ4v) is 1.15. The molecular weight excluding hydrogens is 192 g/mol. The lowest BCUT2D eigenvalue weighted by molar-refractivity contribution is -0.152. The van der Waals surface area contributed by atoms with Crippen LogP contribution in [0, 0.1) is 5.41 Å². The minimum atomic E-state index is -0.767. The van der Waals surface area contributed by atoms with Gasteiger partial charge in [-0.05, 0) is 40.5 Å². The van der Waals surface area contributed by atoms with E-state index in [0.717, 1.165) is 0 Å². The van der Waals surface area contributed by atoms with Gasteiger partial charge in [0.1, 0.15) is 0 Å². The average Bonchev–Trinajstić information content (AvgIpc) is 2.13. The fraction of sp³-hybridized carbons (Fsp3) is 0.750. The van der Waals surface area contributed by atoms with E-state index in [2.05, 4.69) is 6.58 Å². The highest BCUT2D eigenvalue weighted by atomic mass is 16.5. The van der Waals surface area contributed by atoms with Crippen molar-refractivity contribution in [2.45, 2.75) is 46.1 Å². The summed E-state index contributed by atoms with van der Waals surface area (Å²) in [4.78, 5) is 11.6. The van der Waals surface area contributed by atoms with Gasteiger partial charge in [0.25, 0.3) is 0 Å². The Bertz CT molecular complexity index is 228. The fourth-order valence-electron chi connectivity index (χ4n) is 1.15. The quantitative estimate of drug-likeness (QED) is 0.545. The number of carbonyl (C=O) groups excluding carboxylic acids is 1. The molecule has 88 valence electrons. The first-order valence-corrected chi connectivity index (χ1v) is 5.28. The Morgan fingerprint density at radius 3 is 2.27 bits per heavy atom. The smallest absolute Gasteiger partial charge is 0.315 e. The van der Waals surface area contributed by atoms with Gasteiger partial charge in [-0.3, -0.25) is 4.79 Å². The first-order valence-electron chi connectivity index (χ1n) is 5.28. The van der Waals surface area contributed by atoms with Gasteiger partial charge in [-0.1, -0.05) is 6.08 Å². The summed E-state index contributed by atoms with van der Waals surface area (Å²) >= 11 is 0. The molecule has 0 fully saturated rings. The van der Waals surface area contributed by atoms with Crippen LogP contribution in [0.5, 0.6) is 0 Å². The molecule has 0 bridgehead atoms. The molecule has 0 spiro atoms. The molecule has 0 rings (SSSR count). The van der Waals surface area contributed by atoms with Crippen molar-refractivity contribution in [2.24, 2.45) is 5.41 Å². The molecule has 1 atom stereocenters. The number of esters is 1. The standard InChI is InChI=1S/C12H22O3/c1-6-12(5,10(13)15-7-2)9-8-11(3,4)14/h6,14H,1,7-9H2,2-5H3. The SMILES string of the molecule is C=CC(C)(CCC(C)(C)O)C(=O)OCC. The van der Waals surface area contributed by atoms with Crippen LogP contribution in [0.3, 0.4) is 0 Å². The number of hydrogen-bond donors (Lipinski definition) is 1. The monoisotopic (exact) mass is 214 g/mol. The zero-order valence-corrected chi connectivity index (χ0v) is 10.2. The third-order valence-electron chi connectivity index (χ3n) is 2.45. The van der Waals surface area contributed by atoms with Gasteiger partial charge in [0.2, 0.25) is 0 Å². The molecule has 0 aromatic rings. The first-order chi connectivity index (χ1) is 6.75. The van der Waals surface area contributed by atoms with E-state index < -0.39 is 11.0 Å². The van der Waals surface area contributed by atoms with Crippen molar-refractivity contribution in [3.63, 3.8) is 0 Å². The summed E-state index contributed by atoms with van der Waals surface area (Å²) in [5.41, 5.74) is -1.47. The second-order valence-electron chi connectivity index (χ2n) is 4.65. The second kappa shape index (κ2) is 5.31. The van der Waals surface area contributed by atoms with Crippen LogP contribution < -0.4 is 0 Å². The third-order valence-corrected chi connectivity index (χ3v) is 2.45. The van der Waals surface area contributed by atoms with Crippen molar-refractivity contribution in [3.05, 3.63) is 12.7 Å². The Morgan fingerprint density at radius 2 is 1.93 bits per heavy atom. The van der Waals surface area contributed by atoms with Crippen molar-refractivity contribution in [1.82, 2.24) is 0 Å². The minimum Gasteiger partial charge on any atom is -0.465 e. The van der Waals surface area contributed by atoms with E-state index in [1.165, 1.54) is 0 Å². The van der Waals surface area contributed by atoms with Gasteiger partial charge in [0.05, 0.1) is 17.6 Å². The van der Waals surface area contributed by atoms with E-state index in [4.69, 9.17) is 4.74 Å². The predicted octanol–water partition coefficient (Wildman–Crippen LogP) is 2.29. The van der Waals surface area contributed by atoms with Gasteiger partial charge in [-0.25, -0.2) is 0 Å². The van der Waals surface area contributed by atoms with Crippen LogP contribution in [-0.4, -0.2) is 23.3 Å². The van der Waals surface area contributed by atoms with Gasteiger partial charge in [0.15, 0.2) is 0 Å². The Labute approximate surface area is 92.1 Å². The van der Waals surface area contributed by atoms with Crippen LogP contribution in [0.25, 0.3) is 0 Å². The third kappa shape index (κ3) is 4.98. The van der Waals surface area contributed by atoms with Crippen molar-refractivity contribution >= 4 is 5.97 Å².